The second-order valence-corrected chi connectivity index (χ2v) is 11.8. The lowest BCUT2D eigenvalue weighted by Gasteiger charge is -2.54. The molecular weight excluding hydrogens is 496 g/mol. The van der Waals surface area contributed by atoms with Crippen LogP contribution in [0.4, 0.5) is 0 Å². The summed E-state index contributed by atoms with van der Waals surface area (Å²) in [5.74, 6) is 0.988. The Balaban J connectivity index is 1.36. The van der Waals surface area contributed by atoms with E-state index in [1.165, 1.54) is 52.1 Å². The molecule has 9 nitrogen and oxygen atoms in total. The summed E-state index contributed by atoms with van der Waals surface area (Å²) in [7, 11) is 1.34. The van der Waals surface area contributed by atoms with Crippen molar-refractivity contribution in [1.82, 2.24) is 14.5 Å². The Bertz CT molecular complexity index is 1260. The molecule has 1 aromatic heterocycles. The monoisotopic (exact) mass is 536 g/mol. The predicted molar refractivity (Wildman–Crippen MR) is 148 cm³/mol. The van der Waals surface area contributed by atoms with Crippen LogP contribution in [0.15, 0.2) is 34.2 Å². The molecule has 0 amide bonds. The molecule has 4 fully saturated rings. The number of ether oxygens (including phenoxy) is 2. The minimum Gasteiger partial charge on any atom is -0.461 e. The molecule has 9 heteroatoms. The third-order valence-electron chi connectivity index (χ3n) is 9.36. The zero-order chi connectivity index (χ0) is 26.9. The second kappa shape index (κ2) is 11.4. The smallest absolute Gasteiger partial charge is 0.362 e. The first-order valence-corrected chi connectivity index (χ1v) is 14.7. The van der Waals surface area contributed by atoms with E-state index in [4.69, 9.17) is 14.3 Å². The number of hydrogen-bond acceptors (Lipinski definition) is 8. The Hall–Kier alpha value is -2.78. The minimum atomic E-state index is -0.718. The Morgan fingerprint density at radius 2 is 1.69 bits per heavy atom. The van der Waals surface area contributed by atoms with Gasteiger partial charge in [0.25, 0.3) is 5.56 Å². The third kappa shape index (κ3) is 5.11. The van der Waals surface area contributed by atoms with Crippen LogP contribution in [0.2, 0.25) is 0 Å². The van der Waals surface area contributed by atoms with Gasteiger partial charge in [0.05, 0.1) is 30.9 Å². The van der Waals surface area contributed by atoms with Gasteiger partial charge in [0.15, 0.2) is 5.69 Å². The van der Waals surface area contributed by atoms with Gasteiger partial charge in [0, 0.05) is 24.2 Å². The van der Waals surface area contributed by atoms with E-state index < -0.39 is 5.97 Å². The van der Waals surface area contributed by atoms with E-state index in [1.54, 1.807) is 6.92 Å². The van der Waals surface area contributed by atoms with Crippen LogP contribution >= 0.6 is 0 Å². The molecule has 0 spiro atoms. The molecule has 2 aliphatic carbocycles. The Labute approximate surface area is 229 Å². The van der Waals surface area contributed by atoms with Crippen molar-refractivity contribution >= 4 is 22.7 Å². The van der Waals surface area contributed by atoms with E-state index >= 15 is 0 Å². The van der Waals surface area contributed by atoms with Crippen molar-refractivity contribution in [2.45, 2.75) is 88.9 Å². The summed E-state index contributed by atoms with van der Waals surface area (Å²) in [5, 5.41) is 3.87. The molecule has 2 saturated heterocycles. The van der Waals surface area contributed by atoms with Crippen LogP contribution in [0, 0.1) is 11.8 Å². The fraction of sp³-hybridized carbons (Fsp3) is 0.667. The Kier molecular flexibility index (Phi) is 7.71. The van der Waals surface area contributed by atoms with Gasteiger partial charge in [-0.1, -0.05) is 43.0 Å². The molecule has 2 aromatic rings. The summed E-state index contributed by atoms with van der Waals surface area (Å²) < 4.78 is 13.1. The summed E-state index contributed by atoms with van der Waals surface area (Å²) in [5.41, 5.74) is 0.843. The molecule has 1 aromatic carbocycles. The zero-order valence-electron chi connectivity index (χ0n) is 23.1. The van der Waals surface area contributed by atoms with E-state index in [1.807, 2.05) is 28.8 Å². The number of rotatable bonds is 6. The fourth-order valence-electron chi connectivity index (χ4n) is 7.97. The third-order valence-corrected chi connectivity index (χ3v) is 9.36. The molecule has 39 heavy (non-hydrogen) atoms. The summed E-state index contributed by atoms with van der Waals surface area (Å²) in [6, 6.07) is 8.74. The number of esters is 1. The summed E-state index contributed by atoms with van der Waals surface area (Å²) in [6.45, 7) is 3.27. The number of hydrogen-bond donors (Lipinski definition) is 0. The van der Waals surface area contributed by atoms with Crippen LogP contribution in [-0.2, 0) is 19.1 Å². The maximum absolute atomic E-state index is 14.1. The van der Waals surface area contributed by atoms with Gasteiger partial charge >= 0.3 is 5.97 Å². The highest BCUT2D eigenvalue weighted by atomic mass is 16.6. The molecule has 0 N–H and O–H groups in total. The summed E-state index contributed by atoms with van der Waals surface area (Å²) >= 11 is 0. The molecule has 2 aliphatic heterocycles. The fourth-order valence-corrected chi connectivity index (χ4v) is 7.97. The first-order valence-electron chi connectivity index (χ1n) is 14.7. The Morgan fingerprint density at radius 1 is 1.00 bits per heavy atom. The highest BCUT2D eigenvalue weighted by molar-refractivity contribution is 6.42. The molecular formula is C30H40N4O5. The number of carbonyl (C=O) groups is 1. The van der Waals surface area contributed by atoms with Crippen LogP contribution in [0.5, 0.6) is 0 Å². The second-order valence-electron chi connectivity index (χ2n) is 11.8. The van der Waals surface area contributed by atoms with Gasteiger partial charge in [0.1, 0.15) is 7.11 Å². The molecule has 4 atom stereocenters. The lowest BCUT2D eigenvalue weighted by atomic mass is 9.75. The van der Waals surface area contributed by atoms with Gasteiger partial charge < -0.3 is 18.9 Å². The number of nitrogens with zero attached hydrogens (tertiary/aromatic N) is 4. The molecule has 6 rings (SSSR count). The van der Waals surface area contributed by atoms with Crippen molar-refractivity contribution in [3.63, 3.8) is 0 Å². The number of oxime groups is 1. The minimum absolute atomic E-state index is 0.0313. The molecule has 2 saturated carbocycles. The average Bonchev–Trinajstić information content (AvgIpc) is 3.10. The molecule has 0 radical (unpaired) electrons. The molecule has 4 unspecified atom stereocenters. The maximum atomic E-state index is 14.1. The van der Waals surface area contributed by atoms with Gasteiger partial charge in [-0.3, -0.25) is 9.69 Å². The first-order chi connectivity index (χ1) is 19.1. The number of aromatic nitrogens is 2. The van der Waals surface area contributed by atoms with Gasteiger partial charge in [-0.15, -0.1) is 0 Å². The number of fused-ring (bicyclic) bond motifs is 5. The zero-order valence-corrected chi connectivity index (χ0v) is 23.1. The molecule has 3 heterocycles. The quantitative estimate of drug-likeness (QED) is 0.312. The van der Waals surface area contributed by atoms with Crippen molar-refractivity contribution in [2.75, 3.05) is 26.9 Å². The van der Waals surface area contributed by atoms with Gasteiger partial charge in [0.2, 0.25) is 5.71 Å². The van der Waals surface area contributed by atoms with Crippen molar-refractivity contribution in [2.24, 2.45) is 17.0 Å². The van der Waals surface area contributed by atoms with Crippen molar-refractivity contribution in [3.05, 3.63) is 40.3 Å². The summed E-state index contributed by atoms with van der Waals surface area (Å²) in [6.07, 6.45) is 11.2. The highest BCUT2D eigenvalue weighted by Gasteiger charge is 2.46. The highest BCUT2D eigenvalue weighted by Crippen LogP contribution is 2.44. The van der Waals surface area contributed by atoms with E-state index in [2.05, 4.69) is 15.0 Å². The maximum Gasteiger partial charge on any atom is 0.362 e. The normalized spacial score (nSPS) is 31.5. The van der Waals surface area contributed by atoms with Crippen molar-refractivity contribution in [1.29, 1.82) is 0 Å². The van der Waals surface area contributed by atoms with E-state index in [-0.39, 0.29) is 41.7 Å². The first kappa shape index (κ1) is 26.4. The SMILES string of the molecule is CCOC(=O)/C(=N\OC)c1nc2ccccc2n(C2CC3COCC(C2)N3C2CC3CCCCC(C3)C2)c1=O. The lowest BCUT2D eigenvalue weighted by Crippen LogP contribution is -2.62. The number of carbonyl (C=O) groups excluding carboxylic acids is 1. The van der Waals surface area contributed by atoms with Crippen LogP contribution in [0.25, 0.3) is 11.0 Å². The van der Waals surface area contributed by atoms with Gasteiger partial charge in [-0.2, -0.15) is 0 Å². The molecule has 210 valence electrons. The van der Waals surface area contributed by atoms with Crippen molar-refractivity contribution < 1.29 is 19.1 Å². The number of benzene rings is 1. The number of morpholine rings is 1. The van der Waals surface area contributed by atoms with Crippen LogP contribution in [0.3, 0.4) is 0 Å². The van der Waals surface area contributed by atoms with E-state index in [0.29, 0.717) is 24.8 Å². The number of piperidine rings is 1. The van der Waals surface area contributed by atoms with Crippen LogP contribution < -0.4 is 5.56 Å². The van der Waals surface area contributed by atoms with Crippen LogP contribution in [-0.4, -0.2) is 71.2 Å². The topological polar surface area (TPSA) is 95.2 Å². The van der Waals surface area contributed by atoms with Crippen molar-refractivity contribution in [3.8, 4) is 0 Å². The molecule has 4 aliphatic rings. The Morgan fingerprint density at radius 3 is 2.36 bits per heavy atom. The van der Waals surface area contributed by atoms with Gasteiger partial charge in [-0.25, -0.2) is 9.78 Å². The van der Waals surface area contributed by atoms with E-state index in [0.717, 1.165) is 30.2 Å². The lowest BCUT2D eigenvalue weighted by molar-refractivity contribution is -0.135. The summed E-state index contributed by atoms with van der Waals surface area (Å²) in [4.78, 5) is 39.1. The van der Waals surface area contributed by atoms with Gasteiger partial charge in [-0.05, 0) is 63.0 Å². The average molecular weight is 537 g/mol. The van der Waals surface area contributed by atoms with E-state index in [9.17, 15) is 9.59 Å². The van der Waals surface area contributed by atoms with Crippen LogP contribution in [0.1, 0.15) is 76.4 Å². The standard InChI is InChI=1S/C30H40N4O5/c1-3-39-30(36)28(32-37-2)27-29(35)34(26-11-7-6-10-25(26)31-27)22-15-23-17-38-18-24(16-22)33(23)21-13-19-8-4-5-9-20(12-19)14-21/h6-7,10-11,19-24H,3-5,8-9,12-18H2,1-2H3/b32-28-. The largest absolute Gasteiger partial charge is 0.461 e. The molecule has 4 bridgehead atoms. The number of para-hydroxylation sites is 2. The predicted octanol–water partition coefficient (Wildman–Crippen LogP) is 4.07.